The quantitative estimate of drug-likeness (QED) is 0.367. The SMILES string of the molecule is CCOC(=O)[C@H](C)NC(=O)C[C@H](NP(=O)(OC)OC)C(=O)O. The molecule has 128 valence electrons. The van der Waals surface area contributed by atoms with Crippen molar-refractivity contribution in [2.24, 2.45) is 0 Å². The number of aliphatic carboxylic acids is 1. The highest BCUT2D eigenvalue weighted by Crippen LogP contribution is 2.42. The molecule has 11 heteroatoms. The summed E-state index contributed by atoms with van der Waals surface area (Å²) in [5.74, 6) is -2.80. The Morgan fingerprint density at radius 1 is 1.23 bits per heavy atom. The molecular formula is C11H21N2O8P. The summed E-state index contributed by atoms with van der Waals surface area (Å²) in [4.78, 5) is 34.2. The molecular weight excluding hydrogens is 319 g/mol. The van der Waals surface area contributed by atoms with Crippen LogP contribution in [0.15, 0.2) is 0 Å². The molecule has 0 aromatic carbocycles. The molecule has 0 spiro atoms. The minimum absolute atomic E-state index is 0.156. The van der Waals surface area contributed by atoms with Gasteiger partial charge in [-0.1, -0.05) is 0 Å². The molecule has 1 amide bonds. The third-order valence-electron chi connectivity index (χ3n) is 2.50. The fourth-order valence-corrected chi connectivity index (χ4v) is 2.31. The van der Waals surface area contributed by atoms with Gasteiger partial charge in [-0.25, -0.2) is 14.4 Å². The zero-order chi connectivity index (χ0) is 17.3. The number of hydrogen-bond donors (Lipinski definition) is 3. The van der Waals surface area contributed by atoms with Gasteiger partial charge in [0.1, 0.15) is 12.1 Å². The van der Waals surface area contributed by atoms with E-state index < -0.39 is 44.1 Å². The Kier molecular flexibility index (Phi) is 8.88. The van der Waals surface area contributed by atoms with Crippen LogP contribution >= 0.6 is 7.75 Å². The first-order valence-electron chi connectivity index (χ1n) is 6.37. The van der Waals surface area contributed by atoms with Crippen molar-refractivity contribution in [1.29, 1.82) is 0 Å². The van der Waals surface area contributed by atoms with Gasteiger partial charge in [0.05, 0.1) is 13.0 Å². The van der Waals surface area contributed by atoms with Crippen molar-refractivity contribution < 1.29 is 37.8 Å². The number of ether oxygens (including phenoxy) is 1. The van der Waals surface area contributed by atoms with Crippen molar-refractivity contribution in [3.8, 4) is 0 Å². The minimum atomic E-state index is -3.81. The summed E-state index contributed by atoms with van der Waals surface area (Å²) in [7, 11) is -1.68. The lowest BCUT2D eigenvalue weighted by molar-refractivity contribution is -0.147. The van der Waals surface area contributed by atoms with E-state index in [0.29, 0.717) is 0 Å². The molecule has 0 saturated heterocycles. The van der Waals surface area contributed by atoms with Crippen molar-refractivity contribution in [2.45, 2.75) is 32.4 Å². The predicted molar refractivity (Wildman–Crippen MR) is 75.0 cm³/mol. The van der Waals surface area contributed by atoms with Crippen LogP contribution in [-0.2, 0) is 32.7 Å². The summed E-state index contributed by atoms with van der Waals surface area (Å²) in [5.41, 5.74) is 0. The smallest absolute Gasteiger partial charge is 0.405 e. The normalized spacial score (nSPS) is 14.0. The van der Waals surface area contributed by atoms with Gasteiger partial charge in [0.15, 0.2) is 0 Å². The monoisotopic (exact) mass is 340 g/mol. The van der Waals surface area contributed by atoms with Crippen LogP contribution < -0.4 is 10.4 Å². The Hall–Kier alpha value is -1.48. The number of hydrogen-bond acceptors (Lipinski definition) is 7. The largest absolute Gasteiger partial charge is 0.480 e. The van der Waals surface area contributed by atoms with Crippen molar-refractivity contribution in [3.63, 3.8) is 0 Å². The fraction of sp³-hybridized carbons (Fsp3) is 0.727. The van der Waals surface area contributed by atoms with Gasteiger partial charge in [0, 0.05) is 14.2 Å². The zero-order valence-corrected chi connectivity index (χ0v) is 13.7. The van der Waals surface area contributed by atoms with Gasteiger partial charge in [-0.2, -0.15) is 0 Å². The molecule has 0 fully saturated rings. The van der Waals surface area contributed by atoms with E-state index in [-0.39, 0.29) is 6.61 Å². The second-order valence-electron chi connectivity index (χ2n) is 4.13. The molecule has 3 N–H and O–H groups in total. The summed E-state index contributed by atoms with van der Waals surface area (Å²) in [6, 6.07) is -2.45. The van der Waals surface area contributed by atoms with Crippen LogP contribution in [0, 0.1) is 0 Å². The lowest BCUT2D eigenvalue weighted by Gasteiger charge is -2.20. The summed E-state index contributed by atoms with van der Waals surface area (Å²) < 4.78 is 25.6. The van der Waals surface area contributed by atoms with Gasteiger partial charge in [-0.05, 0) is 13.8 Å². The highest BCUT2D eigenvalue weighted by molar-refractivity contribution is 7.51. The van der Waals surface area contributed by atoms with E-state index in [1.807, 2.05) is 0 Å². The third kappa shape index (κ3) is 6.99. The molecule has 0 aromatic heterocycles. The molecule has 0 bridgehead atoms. The molecule has 2 atom stereocenters. The summed E-state index contributed by atoms with van der Waals surface area (Å²) in [6.45, 7) is 3.17. The number of amides is 1. The Labute approximate surface area is 128 Å². The molecule has 0 heterocycles. The van der Waals surface area contributed by atoms with Gasteiger partial charge < -0.3 is 24.2 Å². The highest BCUT2D eigenvalue weighted by Gasteiger charge is 2.32. The van der Waals surface area contributed by atoms with Gasteiger partial charge in [0.2, 0.25) is 5.91 Å². The molecule has 0 radical (unpaired) electrons. The number of carboxylic acid groups (broad SMARTS) is 1. The maximum atomic E-state index is 11.8. The number of nitrogens with one attached hydrogen (secondary N) is 2. The summed E-state index contributed by atoms with van der Waals surface area (Å²) >= 11 is 0. The van der Waals surface area contributed by atoms with Crippen molar-refractivity contribution in [3.05, 3.63) is 0 Å². The number of rotatable bonds is 10. The number of carbonyl (C=O) groups excluding carboxylic acids is 2. The average Bonchev–Trinajstić information content (AvgIpc) is 2.46. The molecule has 0 aliphatic carbocycles. The first-order chi connectivity index (χ1) is 10.2. The van der Waals surface area contributed by atoms with Gasteiger partial charge in [-0.15, -0.1) is 0 Å². The Balaban J connectivity index is 4.70. The van der Waals surface area contributed by atoms with Crippen LogP contribution in [0.1, 0.15) is 20.3 Å². The number of esters is 1. The average molecular weight is 340 g/mol. The lowest BCUT2D eigenvalue weighted by atomic mass is 10.2. The van der Waals surface area contributed by atoms with E-state index >= 15 is 0 Å². The first kappa shape index (κ1) is 20.5. The Morgan fingerprint density at radius 2 is 1.77 bits per heavy atom. The van der Waals surface area contributed by atoms with E-state index in [1.54, 1.807) is 6.92 Å². The zero-order valence-electron chi connectivity index (χ0n) is 12.8. The third-order valence-corrected chi connectivity index (χ3v) is 4.09. The highest BCUT2D eigenvalue weighted by atomic mass is 31.2. The minimum Gasteiger partial charge on any atom is -0.480 e. The van der Waals surface area contributed by atoms with Crippen LogP contribution in [0.4, 0.5) is 0 Å². The van der Waals surface area contributed by atoms with Crippen LogP contribution in [-0.4, -0.2) is 55.9 Å². The van der Waals surface area contributed by atoms with E-state index in [9.17, 15) is 18.9 Å². The second kappa shape index (κ2) is 9.52. The van der Waals surface area contributed by atoms with Crippen LogP contribution in [0.3, 0.4) is 0 Å². The van der Waals surface area contributed by atoms with Gasteiger partial charge in [0.25, 0.3) is 0 Å². The summed E-state index contributed by atoms with van der Waals surface area (Å²) in [6.07, 6.45) is -0.574. The van der Waals surface area contributed by atoms with Crippen LogP contribution in [0.25, 0.3) is 0 Å². The molecule has 0 unspecified atom stereocenters. The van der Waals surface area contributed by atoms with Crippen molar-refractivity contribution >= 4 is 25.6 Å². The number of carbonyl (C=O) groups is 3. The molecule has 0 saturated carbocycles. The summed E-state index contributed by atoms with van der Waals surface area (Å²) in [5, 5.41) is 13.4. The topological polar surface area (TPSA) is 140 Å². The Morgan fingerprint density at radius 3 is 2.18 bits per heavy atom. The van der Waals surface area contributed by atoms with Gasteiger partial charge >= 0.3 is 19.7 Å². The number of carboxylic acids is 1. The molecule has 0 aliphatic rings. The van der Waals surface area contributed by atoms with Crippen LogP contribution in [0.2, 0.25) is 0 Å². The fourth-order valence-electron chi connectivity index (χ4n) is 1.37. The van der Waals surface area contributed by atoms with Gasteiger partial charge in [-0.3, -0.25) is 9.59 Å². The standard InChI is InChI=1S/C11H21N2O8P/c1-5-21-11(17)7(2)12-9(14)6-8(10(15)16)13-22(18,19-3)20-4/h7-8H,5-6H2,1-4H3,(H,12,14)(H,13,18)(H,15,16)/t7-,8-/m0/s1. The predicted octanol–water partition coefficient (Wildman–Crippen LogP) is -0.112. The van der Waals surface area contributed by atoms with Crippen molar-refractivity contribution in [1.82, 2.24) is 10.4 Å². The van der Waals surface area contributed by atoms with E-state index in [0.717, 1.165) is 14.2 Å². The van der Waals surface area contributed by atoms with E-state index in [4.69, 9.17) is 9.84 Å². The Bertz CT molecular complexity index is 447. The van der Waals surface area contributed by atoms with E-state index in [1.165, 1.54) is 6.92 Å². The molecule has 10 nitrogen and oxygen atoms in total. The molecule has 0 aromatic rings. The lowest BCUT2D eigenvalue weighted by Crippen LogP contribution is -2.44. The first-order valence-corrected chi connectivity index (χ1v) is 7.91. The molecule has 22 heavy (non-hydrogen) atoms. The molecule has 0 rings (SSSR count). The molecule has 0 aliphatic heterocycles. The maximum absolute atomic E-state index is 11.8. The van der Waals surface area contributed by atoms with E-state index in [2.05, 4.69) is 19.5 Å². The van der Waals surface area contributed by atoms with Crippen LogP contribution in [0.5, 0.6) is 0 Å². The second-order valence-corrected chi connectivity index (χ2v) is 6.11. The van der Waals surface area contributed by atoms with Crippen molar-refractivity contribution in [2.75, 3.05) is 20.8 Å². The maximum Gasteiger partial charge on any atom is 0.405 e.